The molecule has 0 fully saturated rings. The average Bonchev–Trinajstić information content (AvgIpc) is 2.53. The molecule has 0 aliphatic carbocycles. The third-order valence-electron chi connectivity index (χ3n) is 3.60. The van der Waals surface area contributed by atoms with Crippen LogP contribution in [0.25, 0.3) is 0 Å². The number of aryl methyl sites for hydroxylation is 1. The first kappa shape index (κ1) is 17.1. The predicted octanol–water partition coefficient (Wildman–Crippen LogP) is 3.33. The van der Waals surface area contributed by atoms with Crippen LogP contribution in [0.3, 0.4) is 0 Å². The SMILES string of the molecule is CC[C@H](NS(=O)(=O)c1ccc(C)c([N+](=O)[O-])c1)c1ccccc1. The van der Waals surface area contributed by atoms with Crippen LogP contribution in [0, 0.1) is 17.0 Å². The zero-order chi connectivity index (χ0) is 17.0. The molecule has 7 heteroatoms. The van der Waals surface area contributed by atoms with Gasteiger partial charge >= 0.3 is 0 Å². The molecule has 2 aromatic carbocycles. The van der Waals surface area contributed by atoms with Crippen LogP contribution in [0.1, 0.15) is 30.5 Å². The second-order valence-corrected chi connectivity index (χ2v) is 6.91. The first-order valence-corrected chi connectivity index (χ1v) is 8.65. The Bertz CT molecular complexity index is 804. The van der Waals surface area contributed by atoms with Gasteiger partial charge in [-0.15, -0.1) is 0 Å². The molecule has 0 heterocycles. The Morgan fingerprint density at radius 1 is 1.17 bits per heavy atom. The van der Waals surface area contributed by atoms with E-state index in [1.54, 1.807) is 6.92 Å². The molecule has 0 bridgehead atoms. The Labute approximate surface area is 135 Å². The number of benzene rings is 2. The molecule has 0 saturated carbocycles. The second-order valence-electron chi connectivity index (χ2n) is 5.20. The standard InChI is InChI=1S/C16H18N2O4S/c1-3-15(13-7-5-4-6-8-13)17-23(21,22)14-10-9-12(2)16(11-14)18(19)20/h4-11,15,17H,3H2,1-2H3/t15-/m0/s1. The van der Waals surface area contributed by atoms with Gasteiger partial charge in [-0.1, -0.05) is 43.3 Å². The quantitative estimate of drug-likeness (QED) is 0.648. The molecule has 0 radical (unpaired) electrons. The van der Waals surface area contributed by atoms with Gasteiger partial charge in [-0.25, -0.2) is 13.1 Å². The molecule has 0 spiro atoms. The second kappa shape index (κ2) is 6.89. The average molecular weight is 334 g/mol. The summed E-state index contributed by atoms with van der Waals surface area (Å²) in [5.74, 6) is 0. The van der Waals surface area contributed by atoms with Gasteiger partial charge in [0.05, 0.1) is 9.82 Å². The molecule has 2 aromatic rings. The Balaban J connectivity index is 2.35. The molecule has 0 aliphatic heterocycles. The minimum atomic E-state index is -3.85. The topological polar surface area (TPSA) is 89.3 Å². The van der Waals surface area contributed by atoms with Crippen molar-refractivity contribution in [2.24, 2.45) is 0 Å². The van der Waals surface area contributed by atoms with Gasteiger partial charge in [-0.05, 0) is 25.0 Å². The van der Waals surface area contributed by atoms with Gasteiger partial charge in [0.1, 0.15) is 0 Å². The summed E-state index contributed by atoms with van der Waals surface area (Å²) in [7, 11) is -3.85. The van der Waals surface area contributed by atoms with Gasteiger partial charge in [0.25, 0.3) is 5.69 Å². The highest BCUT2D eigenvalue weighted by molar-refractivity contribution is 7.89. The highest BCUT2D eigenvalue weighted by Crippen LogP contribution is 2.24. The fraction of sp³-hybridized carbons (Fsp3) is 0.250. The summed E-state index contributed by atoms with van der Waals surface area (Å²) in [6.07, 6.45) is 0.567. The predicted molar refractivity (Wildman–Crippen MR) is 87.6 cm³/mol. The van der Waals surface area contributed by atoms with Crippen LogP contribution in [0.5, 0.6) is 0 Å². The van der Waals surface area contributed by atoms with Crippen molar-refractivity contribution in [3.63, 3.8) is 0 Å². The zero-order valence-corrected chi connectivity index (χ0v) is 13.7. The van der Waals surface area contributed by atoms with Crippen LogP contribution >= 0.6 is 0 Å². The molecule has 0 aromatic heterocycles. The van der Waals surface area contributed by atoms with Crippen molar-refractivity contribution in [2.45, 2.75) is 31.2 Å². The van der Waals surface area contributed by atoms with E-state index in [1.807, 2.05) is 37.3 Å². The van der Waals surface area contributed by atoms with Gasteiger partial charge < -0.3 is 0 Å². The number of nitro benzene ring substituents is 1. The molecule has 0 amide bonds. The molecule has 0 unspecified atom stereocenters. The van der Waals surface area contributed by atoms with Crippen molar-refractivity contribution in [1.82, 2.24) is 4.72 Å². The minimum absolute atomic E-state index is 0.107. The van der Waals surface area contributed by atoms with Crippen LogP contribution < -0.4 is 4.72 Å². The smallest absolute Gasteiger partial charge is 0.258 e. The summed E-state index contributed by atoms with van der Waals surface area (Å²) >= 11 is 0. The van der Waals surface area contributed by atoms with E-state index in [4.69, 9.17) is 0 Å². The van der Waals surface area contributed by atoms with Crippen molar-refractivity contribution in [3.05, 3.63) is 69.8 Å². The number of nitro groups is 1. The molecular formula is C16H18N2O4S. The summed E-state index contributed by atoms with van der Waals surface area (Å²) in [6, 6.07) is 12.7. The Kier molecular flexibility index (Phi) is 5.12. The van der Waals surface area contributed by atoms with E-state index in [9.17, 15) is 18.5 Å². The van der Waals surface area contributed by atoms with Crippen molar-refractivity contribution < 1.29 is 13.3 Å². The first-order chi connectivity index (χ1) is 10.8. The molecule has 1 N–H and O–H groups in total. The third kappa shape index (κ3) is 3.94. The maximum atomic E-state index is 12.5. The van der Waals surface area contributed by atoms with E-state index >= 15 is 0 Å². The lowest BCUT2D eigenvalue weighted by molar-refractivity contribution is -0.385. The van der Waals surface area contributed by atoms with Crippen LogP contribution in [0.4, 0.5) is 5.69 Å². The maximum Gasteiger partial charge on any atom is 0.273 e. The van der Waals surface area contributed by atoms with E-state index in [1.165, 1.54) is 12.1 Å². The summed E-state index contributed by atoms with van der Waals surface area (Å²) in [4.78, 5) is 10.3. The van der Waals surface area contributed by atoms with Gasteiger partial charge in [-0.2, -0.15) is 0 Å². The van der Waals surface area contributed by atoms with Crippen LogP contribution in [-0.2, 0) is 10.0 Å². The number of nitrogens with zero attached hydrogens (tertiary/aromatic N) is 1. The van der Waals surface area contributed by atoms with Gasteiger partial charge in [0.15, 0.2) is 0 Å². The van der Waals surface area contributed by atoms with E-state index < -0.39 is 14.9 Å². The van der Waals surface area contributed by atoms with Gasteiger partial charge in [-0.3, -0.25) is 10.1 Å². The number of hydrogen-bond acceptors (Lipinski definition) is 4. The van der Waals surface area contributed by atoms with Crippen molar-refractivity contribution in [2.75, 3.05) is 0 Å². The zero-order valence-electron chi connectivity index (χ0n) is 12.9. The highest BCUT2D eigenvalue weighted by Gasteiger charge is 2.23. The van der Waals surface area contributed by atoms with Crippen molar-refractivity contribution >= 4 is 15.7 Å². The number of nitrogens with one attached hydrogen (secondary N) is 1. The molecule has 0 saturated heterocycles. The fourth-order valence-corrected chi connectivity index (χ4v) is 3.61. The number of hydrogen-bond donors (Lipinski definition) is 1. The summed E-state index contributed by atoms with van der Waals surface area (Å²) < 4.78 is 27.7. The Morgan fingerprint density at radius 3 is 2.39 bits per heavy atom. The van der Waals surface area contributed by atoms with Gasteiger partial charge in [0.2, 0.25) is 10.0 Å². The lowest BCUT2D eigenvalue weighted by atomic mass is 10.1. The van der Waals surface area contributed by atoms with Crippen LogP contribution in [0.2, 0.25) is 0 Å². The largest absolute Gasteiger partial charge is 0.273 e. The normalized spacial score (nSPS) is 12.8. The Morgan fingerprint density at radius 2 is 1.83 bits per heavy atom. The minimum Gasteiger partial charge on any atom is -0.258 e. The van der Waals surface area contributed by atoms with Crippen molar-refractivity contribution in [3.8, 4) is 0 Å². The van der Waals surface area contributed by atoms with E-state index in [2.05, 4.69) is 4.72 Å². The maximum absolute atomic E-state index is 12.5. The van der Waals surface area contributed by atoms with E-state index in [0.717, 1.165) is 11.6 Å². The molecule has 23 heavy (non-hydrogen) atoms. The molecule has 122 valence electrons. The Hall–Kier alpha value is -2.25. The number of rotatable bonds is 6. The van der Waals surface area contributed by atoms with Crippen LogP contribution in [0.15, 0.2) is 53.4 Å². The van der Waals surface area contributed by atoms with Crippen LogP contribution in [-0.4, -0.2) is 13.3 Å². The molecule has 0 aliphatic rings. The lowest BCUT2D eigenvalue weighted by Gasteiger charge is -2.17. The highest BCUT2D eigenvalue weighted by atomic mass is 32.2. The summed E-state index contributed by atoms with van der Waals surface area (Å²) in [6.45, 7) is 3.44. The fourth-order valence-electron chi connectivity index (χ4n) is 2.28. The molecule has 2 rings (SSSR count). The summed E-state index contributed by atoms with van der Waals surface area (Å²) in [5.41, 5.74) is 1.06. The molecular weight excluding hydrogens is 316 g/mol. The monoisotopic (exact) mass is 334 g/mol. The van der Waals surface area contributed by atoms with Crippen molar-refractivity contribution in [1.29, 1.82) is 0 Å². The molecule has 1 atom stereocenters. The lowest BCUT2D eigenvalue weighted by Crippen LogP contribution is -2.28. The summed E-state index contributed by atoms with van der Waals surface area (Å²) in [5, 5.41) is 11.0. The first-order valence-electron chi connectivity index (χ1n) is 7.17. The number of sulfonamides is 1. The molecule has 6 nitrogen and oxygen atoms in total. The van der Waals surface area contributed by atoms with Gasteiger partial charge in [0, 0.05) is 17.7 Å². The van der Waals surface area contributed by atoms with E-state index in [-0.39, 0.29) is 16.6 Å². The third-order valence-corrected chi connectivity index (χ3v) is 5.06. The van der Waals surface area contributed by atoms with E-state index in [0.29, 0.717) is 12.0 Å².